The molecule has 1 aromatic carbocycles. The third-order valence-corrected chi connectivity index (χ3v) is 2.03. The Morgan fingerprint density at radius 2 is 2.07 bits per heavy atom. The van der Waals surface area contributed by atoms with E-state index in [1.807, 2.05) is 22.6 Å². The molecule has 0 bridgehead atoms. The second kappa shape index (κ2) is 3.54. The molecule has 0 aliphatic heterocycles. The number of rotatable bonds is 1. The largest absolute Gasteiger partial charge is 0.573 e. The van der Waals surface area contributed by atoms with Crippen LogP contribution >= 0.6 is 22.6 Å². The van der Waals surface area contributed by atoms with Gasteiger partial charge in [0, 0.05) is 28.7 Å². The Morgan fingerprint density at radius 1 is 1.33 bits per heavy atom. The van der Waals surface area contributed by atoms with Gasteiger partial charge in [0.05, 0.1) is 0 Å². The molecule has 0 spiro atoms. The fourth-order valence-corrected chi connectivity index (χ4v) is 1.57. The maximum absolute atomic E-state index is 11.9. The summed E-state index contributed by atoms with van der Waals surface area (Å²) in [6, 6.07) is 3.73. The van der Waals surface area contributed by atoms with E-state index in [9.17, 15) is 13.2 Å². The summed E-state index contributed by atoms with van der Waals surface area (Å²) in [5.74, 6) is -0.306. The van der Waals surface area contributed by atoms with E-state index in [-0.39, 0.29) is 5.75 Å². The van der Waals surface area contributed by atoms with E-state index < -0.39 is 6.36 Å². The normalized spacial score (nSPS) is 12.0. The molecule has 7 heteroatoms. The van der Waals surface area contributed by atoms with Crippen molar-refractivity contribution in [3.63, 3.8) is 0 Å². The van der Waals surface area contributed by atoms with Crippen molar-refractivity contribution in [2.45, 2.75) is 6.36 Å². The molecule has 0 fully saturated rings. The van der Waals surface area contributed by atoms with Gasteiger partial charge < -0.3 is 9.15 Å². The first-order chi connectivity index (χ1) is 6.94. The first-order valence-corrected chi connectivity index (χ1v) is 4.84. The Kier molecular flexibility index (Phi) is 2.49. The zero-order chi connectivity index (χ0) is 11.1. The SMILES string of the molecule is FC(F)(F)Oc1ccc2oc(I)nc2c1. The highest BCUT2D eigenvalue weighted by Gasteiger charge is 2.31. The summed E-state index contributed by atoms with van der Waals surface area (Å²) >= 11 is 1.83. The summed E-state index contributed by atoms with van der Waals surface area (Å²) in [4.78, 5) is 3.88. The molecule has 1 heterocycles. The van der Waals surface area contributed by atoms with E-state index in [1.165, 1.54) is 18.2 Å². The van der Waals surface area contributed by atoms with Crippen LogP contribution in [0.25, 0.3) is 11.1 Å². The molecule has 0 N–H and O–H groups in total. The summed E-state index contributed by atoms with van der Waals surface area (Å²) in [5, 5.41) is 0. The number of nitrogens with zero attached hydrogens (tertiary/aromatic N) is 1. The van der Waals surface area contributed by atoms with Crippen molar-refractivity contribution in [2.75, 3.05) is 0 Å². The minimum atomic E-state index is -4.69. The number of aromatic nitrogens is 1. The van der Waals surface area contributed by atoms with Crippen molar-refractivity contribution in [1.29, 1.82) is 0 Å². The molecule has 80 valence electrons. The van der Waals surface area contributed by atoms with Crippen molar-refractivity contribution >= 4 is 33.7 Å². The molecular formula is C8H3F3INO2. The van der Waals surface area contributed by atoms with E-state index in [0.717, 1.165) is 0 Å². The molecule has 0 aliphatic carbocycles. The van der Waals surface area contributed by atoms with Crippen LogP contribution in [0.5, 0.6) is 5.75 Å². The quantitative estimate of drug-likeness (QED) is 0.753. The van der Waals surface area contributed by atoms with E-state index in [4.69, 9.17) is 4.42 Å². The maximum atomic E-state index is 11.9. The lowest BCUT2D eigenvalue weighted by atomic mass is 10.3. The third kappa shape index (κ3) is 2.52. The van der Waals surface area contributed by atoms with E-state index in [1.54, 1.807) is 0 Å². The smallest absolute Gasteiger partial charge is 0.432 e. The molecule has 3 nitrogen and oxygen atoms in total. The molecule has 2 rings (SSSR count). The van der Waals surface area contributed by atoms with Crippen LogP contribution in [0.15, 0.2) is 22.6 Å². The molecule has 0 radical (unpaired) electrons. The van der Waals surface area contributed by atoms with Gasteiger partial charge >= 0.3 is 6.36 Å². The zero-order valence-corrected chi connectivity index (χ0v) is 9.17. The van der Waals surface area contributed by atoms with Crippen LogP contribution in [0.2, 0.25) is 0 Å². The Bertz CT molecular complexity index is 494. The molecular weight excluding hydrogens is 326 g/mol. The van der Waals surface area contributed by atoms with Crippen LogP contribution < -0.4 is 4.74 Å². The lowest BCUT2D eigenvalue weighted by Crippen LogP contribution is -2.16. The minimum absolute atomic E-state index is 0.306. The van der Waals surface area contributed by atoms with Crippen molar-refractivity contribution in [3.8, 4) is 5.75 Å². The summed E-state index contributed by atoms with van der Waals surface area (Å²) in [6.07, 6.45) is -4.69. The number of benzene rings is 1. The second-order valence-electron chi connectivity index (χ2n) is 2.64. The number of oxazole rings is 1. The zero-order valence-electron chi connectivity index (χ0n) is 7.01. The van der Waals surface area contributed by atoms with Gasteiger partial charge in [-0.25, -0.2) is 4.98 Å². The van der Waals surface area contributed by atoms with Crippen molar-refractivity contribution in [2.24, 2.45) is 0 Å². The minimum Gasteiger partial charge on any atom is -0.432 e. The topological polar surface area (TPSA) is 35.3 Å². The van der Waals surface area contributed by atoms with Crippen LogP contribution in [-0.2, 0) is 0 Å². The highest BCUT2D eigenvalue weighted by Crippen LogP contribution is 2.26. The highest BCUT2D eigenvalue weighted by atomic mass is 127. The van der Waals surface area contributed by atoms with E-state index in [0.29, 0.717) is 15.0 Å². The monoisotopic (exact) mass is 329 g/mol. The maximum Gasteiger partial charge on any atom is 0.573 e. The molecule has 1 aromatic heterocycles. The Morgan fingerprint density at radius 3 is 2.73 bits per heavy atom. The number of hydrogen-bond acceptors (Lipinski definition) is 3. The molecule has 0 atom stereocenters. The summed E-state index contributed by atoms with van der Waals surface area (Å²) in [6.45, 7) is 0. The molecule has 0 unspecified atom stereocenters. The van der Waals surface area contributed by atoms with Gasteiger partial charge in [-0.1, -0.05) is 0 Å². The van der Waals surface area contributed by atoms with Gasteiger partial charge in [-0.2, -0.15) is 0 Å². The fourth-order valence-electron chi connectivity index (χ4n) is 1.08. The standard InChI is InChI=1S/C8H3F3INO2/c9-8(10,11)15-4-1-2-6-5(3-4)13-7(12)14-6/h1-3H. The first kappa shape index (κ1) is 10.5. The second-order valence-corrected chi connectivity index (χ2v) is 3.57. The molecule has 0 aliphatic rings. The number of halogens is 4. The number of hydrogen-bond donors (Lipinski definition) is 0. The number of fused-ring (bicyclic) bond motifs is 1. The van der Waals surface area contributed by atoms with Crippen LogP contribution in [0, 0.1) is 3.90 Å². The van der Waals surface area contributed by atoms with Crippen LogP contribution in [0.4, 0.5) is 13.2 Å². The summed E-state index contributed by atoms with van der Waals surface area (Å²) in [7, 11) is 0. The van der Waals surface area contributed by atoms with Gasteiger partial charge in [0.25, 0.3) is 3.90 Å². The third-order valence-electron chi connectivity index (χ3n) is 1.57. The fraction of sp³-hybridized carbons (Fsp3) is 0.125. The summed E-state index contributed by atoms with van der Waals surface area (Å²) in [5.41, 5.74) is 0.759. The lowest BCUT2D eigenvalue weighted by Gasteiger charge is -2.07. The predicted octanol–water partition coefficient (Wildman–Crippen LogP) is 3.33. The molecule has 0 saturated heterocycles. The molecule has 15 heavy (non-hydrogen) atoms. The molecule has 0 saturated carbocycles. The average Bonchev–Trinajstić information content (AvgIpc) is 2.40. The van der Waals surface area contributed by atoms with Gasteiger partial charge in [0.15, 0.2) is 5.58 Å². The highest BCUT2D eigenvalue weighted by molar-refractivity contribution is 14.1. The van der Waals surface area contributed by atoms with Gasteiger partial charge in [0.2, 0.25) is 0 Å². The molecule has 0 amide bonds. The number of ether oxygens (including phenoxy) is 1. The number of alkyl halides is 3. The van der Waals surface area contributed by atoms with Crippen LogP contribution in [0.3, 0.4) is 0 Å². The van der Waals surface area contributed by atoms with Gasteiger partial charge in [-0.15, -0.1) is 13.2 Å². The van der Waals surface area contributed by atoms with E-state index >= 15 is 0 Å². The lowest BCUT2D eigenvalue weighted by molar-refractivity contribution is -0.274. The van der Waals surface area contributed by atoms with Crippen LogP contribution in [-0.4, -0.2) is 11.3 Å². The van der Waals surface area contributed by atoms with Crippen LogP contribution in [0.1, 0.15) is 0 Å². The van der Waals surface area contributed by atoms with Gasteiger partial charge in [-0.3, -0.25) is 0 Å². The Hall–Kier alpha value is -0.990. The van der Waals surface area contributed by atoms with Gasteiger partial charge in [-0.05, 0) is 12.1 Å². The van der Waals surface area contributed by atoms with Gasteiger partial charge in [0.1, 0.15) is 11.3 Å². The van der Waals surface area contributed by atoms with E-state index in [2.05, 4.69) is 9.72 Å². The van der Waals surface area contributed by atoms with Crippen molar-refractivity contribution in [3.05, 3.63) is 22.1 Å². The Balaban J connectivity index is 2.38. The van der Waals surface area contributed by atoms with Crippen molar-refractivity contribution < 1.29 is 22.3 Å². The molecule has 2 aromatic rings. The first-order valence-electron chi connectivity index (χ1n) is 3.76. The average molecular weight is 329 g/mol. The predicted molar refractivity (Wildman–Crippen MR) is 53.4 cm³/mol. The Labute approximate surface area is 95.4 Å². The van der Waals surface area contributed by atoms with Crippen molar-refractivity contribution in [1.82, 2.24) is 4.98 Å². The summed E-state index contributed by atoms with van der Waals surface area (Å²) < 4.78 is 44.8.